The van der Waals surface area contributed by atoms with Crippen LogP contribution in [0.25, 0.3) is 0 Å². The number of carbonyl (C=O) groups excluding carboxylic acids is 1. The third-order valence-electron chi connectivity index (χ3n) is 5.37. The van der Waals surface area contributed by atoms with Gasteiger partial charge in [-0.3, -0.25) is 9.10 Å². The number of benzene rings is 3. The fourth-order valence-corrected chi connectivity index (χ4v) is 5.30. The first kappa shape index (κ1) is 21.9. The van der Waals surface area contributed by atoms with E-state index in [9.17, 15) is 13.2 Å². The minimum Gasteiger partial charge on any atom is -0.476 e. The van der Waals surface area contributed by atoms with Crippen molar-refractivity contribution in [1.82, 2.24) is 0 Å². The lowest BCUT2D eigenvalue weighted by atomic mass is 10.1. The van der Waals surface area contributed by atoms with Crippen molar-refractivity contribution in [2.75, 3.05) is 16.2 Å². The molecule has 1 heterocycles. The maximum atomic E-state index is 13.5. The molecule has 1 atom stereocenters. The lowest BCUT2D eigenvalue weighted by Gasteiger charge is -2.35. The predicted molar refractivity (Wildman–Crippen MR) is 126 cm³/mol. The molecule has 0 aliphatic carbocycles. The molecule has 3 aromatic carbocycles. The third-order valence-corrected chi connectivity index (χ3v) is 7.17. The number of rotatable bonds is 4. The molecular formula is C25H26N2O4S. The Bertz CT molecular complexity index is 1260. The Hall–Kier alpha value is -3.32. The molecule has 1 amide bonds. The molecule has 1 aliphatic heterocycles. The van der Waals surface area contributed by atoms with E-state index in [1.54, 1.807) is 36.4 Å². The molecule has 3 aromatic rings. The topological polar surface area (TPSA) is 75.7 Å². The zero-order valence-electron chi connectivity index (χ0n) is 18.5. The molecule has 6 nitrogen and oxygen atoms in total. The largest absolute Gasteiger partial charge is 0.476 e. The standard InChI is InChI=1S/C25H26N2O4S/c1-16-5-8-21(9-6-16)32(29,30)27-15-24(31-23-10-7-17(2)14-22(23)27)25(28)26-20-12-18(3)11-19(4)13-20/h5-14,24H,15H2,1-4H3,(H,26,28)/t24-/m0/s1. The van der Waals surface area contributed by atoms with Gasteiger partial charge in [0, 0.05) is 5.69 Å². The SMILES string of the molecule is Cc1ccc(S(=O)(=O)N2C[C@@H](C(=O)Nc3cc(C)cc(C)c3)Oc3ccc(C)cc32)cc1. The molecule has 0 saturated heterocycles. The highest BCUT2D eigenvalue weighted by atomic mass is 32.2. The number of anilines is 2. The molecule has 0 radical (unpaired) electrons. The van der Waals surface area contributed by atoms with Crippen molar-refractivity contribution < 1.29 is 17.9 Å². The van der Waals surface area contributed by atoms with Crippen molar-refractivity contribution in [3.05, 3.63) is 82.9 Å². The number of hydrogen-bond acceptors (Lipinski definition) is 4. The van der Waals surface area contributed by atoms with Crippen LogP contribution in [0.3, 0.4) is 0 Å². The first-order chi connectivity index (χ1) is 15.1. The molecule has 0 bridgehead atoms. The van der Waals surface area contributed by atoms with Crippen LogP contribution in [-0.4, -0.2) is 27.0 Å². The van der Waals surface area contributed by atoms with Gasteiger partial charge in [-0.15, -0.1) is 0 Å². The first-order valence-corrected chi connectivity index (χ1v) is 11.8. The summed E-state index contributed by atoms with van der Waals surface area (Å²) in [6.45, 7) is 7.57. The lowest BCUT2D eigenvalue weighted by molar-refractivity contribution is -0.122. The average molecular weight is 451 g/mol. The van der Waals surface area contributed by atoms with E-state index >= 15 is 0 Å². The van der Waals surface area contributed by atoms with Crippen LogP contribution < -0.4 is 14.4 Å². The van der Waals surface area contributed by atoms with Crippen molar-refractivity contribution in [1.29, 1.82) is 0 Å². The molecule has 166 valence electrons. The summed E-state index contributed by atoms with van der Waals surface area (Å²) in [7, 11) is -3.89. The van der Waals surface area contributed by atoms with Gasteiger partial charge in [0.1, 0.15) is 5.75 Å². The summed E-state index contributed by atoms with van der Waals surface area (Å²) >= 11 is 0. The minimum absolute atomic E-state index is 0.122. The minimum atomic E-state index is -3.89. The maximum Gasteiger partial charge on any atom is 0.267 e. The second-order valence-electron chi connectivity index (χ2n) is 8.29. The van der Waals surface area contributed by atoms with Gasteiger partial charge < -0.3 is 10.1 Å². The summed E-state index contributed by atoms with van der Waals surface area (Å²) < 4.78 is 34.3. The quantitative estimate of drug-likeness (QED) is 0.634. The van der Waals surface area contributed by atoms with E-state index in [1.165, 1.54) is 4.31 Å². The number of nitrogens with zero attached hydrogens (tertiary/aromatic N) is 1. The summed E-state index contributed by atoms with van der Waals surface area (Å²) in [5.74, 6) is -0.0385. The molecule has 0 aromatic heterocycles. The van der Waals surface area contributed by atoms with Crippen LogP contribution >= 0.6 is 0 Å². The number of fused-ring (bicyclic) bond motifs is 1. The molecule has 32 heavy (non-hydrogen) atoms. The van der Waals surface area contributed by atoms with Crippen molar-refractivity contribution >= 4 is 27.3 Å². The zero-order valence-corrected chi connectivity index (χ0v) is 19.4. The smallest absolute Gasteiger partial charge is 0.267 e. The number of amides is 1. The first-order valence-electron chi connectivity index (χ1n) is 10.4. The molecule has 0 saturated carbocycles. The van der Waals surface area contributed by atoms with Gasteiger partial charge in [0.25, 0.3) is 15.9 Å². The summed E-state index contributed by atoms with van der Waals surface area (Å²) in [6.07, 6.45) is -0.994. The van der Waals surface area contributed by atoms with Gasteiger partial charge in [0.15, 0.2) is 6.10 Å². The van der Waals surface area contributed by atoms with Gasteiger partial charge in [0.05, 0.1) is 17.1 Å². The van der Waals surface area contributed by atoms with Crippen LogP contribution in [-0.2, 0) is 14.8 Å². The second kappa shape index (κ2) is 8.31. The Kier molecular flexibility index (Phi) is 5.69. The van der Waals surface area contributed by atoms with Crippen LogP contribution in [0.1, 0.15) is 22.3 Å². The van der Waals surface area contributed by atoms with Gasteiger partial charge in [-0.1, -0.05) is 29.8 Å². The average Bonchev–Trinajstić information content (AvgIpc) is 2.72. The maximum absolute atomic E-state index is 13.5. The Morgan fingerprint density at radius 3 is 2.16 bits per heavy atom. The summed E-state index contributed by atoms with van der Waals surface area (Å²) in [6, 6.07) is 17.7. The zero-order chi connectivity index (χ0) is 23.0. The van der Waals surface area contributed by atoms with Crippen molar-refractivity contribution in [3.63, 3.8) is 0 Å². The van der Waals surface area contributed by atoms with E-state index in [2.05, 4.69) is 5.32 Å². The fraction of sp³-hybridized carbons (Fsp3) is 0.240. The number of aryl methyl sites for hydroxylation is 4. The van der Waals surface area contributed by atoms with Crippen molar-refractivity contribution in [2.24, 2.45) is 0 Å². The molecular weight excluding hydrogens is 424 g/mol. The Morgan fingerprint density at radius 2 is 1.50 bits per heavy atom. The van der Waals surface area contributed by atoms with E-state index in [0.717, 1.165) is 22.3 Å². The highest BCUT2D eigenvalue weighted by molar-refractivity contribution is 7.92. The molecule has 4 rings (SSSR count). The molecule has 0 unspecified atom stereocenters. The van der Waals surface area contributed by atoms with Gasteiger partial charge in [-0.05, 0) is 80.8 Å². The van der Waals surface area contributed by atoms with E-state index < -0.39 is 22.0 Å². The molecule has 1 aliphatic rings. The van der Waals surface area contributed by atoms with Crippen LogP contribution in [0.4, 0.5) is 11.4 Å². The second-order valence-corrected chi connectivity index (χ2v) is 10.2. The van der Waals surface area contributed by atoms with E-state index in [0.29, 0.717) is 17.1 Å². The van der Waals surface area contributed by atoms with Crippen LogP contribution in [0.2, 0.25) is 0 Å². The predicted octanol–water partition coefficient (Wildman–Crippen LogP) is 4.52. The van der Waals surface area contributed by atoms with Crippen LogP contribution in [0.5, 0.6) is 5.75 Å². The van der Waals surface area contributed by atoms with Crippen molar-refractivity contribution in [2.45, 2.75) is 38.7 Å². The molecule has 0 fully saturated rings. The number of hydrogen-bond donors (Lipinski definition) is 1. The fourth-order valence-electron chi connectivity index (χ4n) is 3.83. The number of carbonyl (C=O) groups is 1. The van der Waals surface area contributed by atoms with Gasteiger partial charge in [-0.25, -0.2) is 8.42 Å². The number of nitrogens with one attached hydrogen (secondary N) is 1. The highest BCUT2D eigenvalue weighted by Gasteiger charge is 2.37. The highest BCUT2D eigenvalue weighted by Crippen LogP contribution is 2.38. The Labute approximate surface area is 188 Å². The molecule has 7 heteroatoms. The Morgan fingerprint density at radius 1 is 0.875 bits per heavy atom. The van der Waals surface area contributed by atoms with E-state index in [1.807, 2.05) is 52.0 Å². The van der Waals surface area contributed by atoms with E-state index in [-0.39, 0.29) is 11.4 Å². The van der Waals surface area contributed by atoms with Crippen molar-refractivity contribution in [3.8, 4) is 5.75 Å². The lowest BCUT2D eigenvalue weighted by Crippen LogP contribution is -2.48. The van der Waals surface area contributed by atoms with Gasteiger partial charge >= 0.3 is 0 Å². The summed E-state index contributed by atoms with van der Waals surface area (Å²) in [4.78, 5) is 13.2. The number of sulfonamides is 1. The normalized spacial score (nSPS) is 15.6. The van der Waals surface area contributed by atoms with Gasteiger partial charge in [-0.2, -0.15) is 0 Å². The van der Waals surface area contributed by atoms with Crippen LogP contribution in [0.15, 0.2) is 65.6 Å². The van der Waals surface area contributed by atoms with Gasteiger partial charge in [0.2, 0.25) is 0 Å². The third kappa shape index (κ3) is 4.34. The summed E-state index contributed by atoms with van der Waals surface area (Å²) in [5.41, 5.74) is 4.99. The van der Waals surface area contributed by atoms with E-state index in [4.69, 9.17) is 4.74 Å². The summed E-state index contributed by atoms with van der Waals surface area (Å²) in [5, 5.41) is 2.87. The molecule has 0 spiro atoms. The monoisotopic (exact) mass is 450 g/mol. The Balaban J connectivity index is 1.69. The number of ether oxygens (including phenoxy) is 1. The molecule has 1 N–H and O–H groups in total. The van der Waals surface area contributed by atoms with Crippen LogP contribution in [0, 0.1) is 27.7 Å².